The Balaban J connectivity index is 1.38. The van der Waals surface area contributed by atoms with Gasteiger partial charge in [0.25, 0.3) is 0 Å². The minimum Gasteiger partial charge on any atom is -0.492 e. The molecule has 0 saturated carbocycles. The molecule has 1 aliphatic carbocycles. The molecule has 4 aromatic rings. The van der Waals surface area contributed by atoms with Crippen molar-refractivity contribution in [3.8, 4) is 23.0 Å². The summed E-state index contributed by atoms with van der Waals surface area (Å²) >= 11 is 0. The Bertz CT molecular complexity index is 1450. The normalized spacial score (nSPS) is 18.5. The van der Waals surface area contributed by atoms with Crippen LogP contribution in [0.3, 0.4) is 0 Å². The molecule has 3 aliphatic rings. The van der Waals surface area contributed by atoms with Crippen molar-refractivity contribution in [3.63, 3.8) is 0 Å². The molecule has 0 amide bonds. The van der Waals surface area contributed by atoms with Crippen LogP contribution in [-0.4, -0.2) is 105 Å². The molecule has 10 heteroatoms. The Morgan fingerprint density at radius 3 is 0.815 bits per heavy atom. The second kappa shape index (κ2) is 20.5. The predicted octanol–water partition coefficient (Wildman–Crippen LogP) is 4.72. The average molecular weight is 738 g/mol. The van der Waals surface area contributed by atoms with Crippen LogP contribution in [-0.2, 0) is 39.9 Å². The highest BCUT2D eigenvalue weighted by Gasteiger charge is 2.22. The molecule has 0 spiro atoms. The molecule has 0 fully saturated rings. The number of hydrogen-bond acceptors (Lipinski definition) is 10. The van der Waals surface area contributed by atoms with Crippen molar-refractivity contribution < 1.29 is 33.2 Å². The van der Waals surface area contributed by atoms with E-state index in [1.807, 2.05) is 0 Å². The van der Waals surface area contributed by atoms with E-state index in [2.05, 4.69) is 88.7 Å². The summed E-state index contributed by atoms with van der Waals surface area (Å²) in [5.41, 5.74) is 8.88. The van der Waals surface area contributed by atoms with Gasteiger partial charge < -0.3 is 49.1 Å². The molecule has 4 aromatic carbocycles. The quantitative estimate of drug-likeness (QED) is 0.207. The molecule has 0 atom stereocenters. The summed E-state index contributed by atoms with van der Waals surface area (Å²) in [6.45, 7) is 9.80. The lowest BCUT2D eigenvalue weighted by atomic mass is 9.91. The molecule has 0 radical (unpaired) electrons. The summed E-state index contributed by atoms with van der Waals surface area (Å²) in [6, 6.07) is 26.0. The van der Waals surface area contributed by atoms with Gasteiger partial charge in [-0.25, -0.2) is 0 Å². The van der Waals surface area contributed by atoms with Crippen LogP contribution in [0.1, 0.15) is 44.5 Å². The minimum absolute atomic E-state index is 0.420. The molecule has 0 saturated heterocycles. The van der Waals surface area contributed by atoms with E-state index in [4.69, 9.17) is 33.2 Å². The summed E-state index contributed by atoms with van der Waals surface area (Å²) in [4.78, 5) is 0. The van der Waals surface area contributed by atoms with Crippen molar-refractivity contribution in [1.82, 2.24) is 16.0 Å². The first-order valence-corrected chi connectivity index (χ1v) is 19.6. The summed E-state index contributed by atoms with van der Waals surface area (Å²) in [5, 5.41) is 10.6. The van der Waals surface area contributed by atoms with Crippen molar-refractivity contribution in [2.24, 2.45) is 0 Å². The minimum atomic E-state index is 0.420. The highest BCUT2D eigenvalue weighted by molar-refractivity contribution is 5.56. The van der Waals surface area contributed by atoms with E-state index in [0.717, 1.165) is 107 Å². The first kappa shape index (κ1) is 38.1. The average Bonchev–Trinajstić information content (AvgIpc) is 3.17. The van der Waals surface area contributed by atoms with Gasteiger partial charge in [0.2, 0.25) is 0 Å². The summed E-state index contributed by atoms with van der Waals surface area (Å²) in [7, 11) is 0. The van der Waals surface area contributed by atoms with Crippen LogP contribution in [0.25, 0.3) is 0 Å². The number of ether oxygens (including phenoxy) is 7. The molecule has 12 bridgehead atoms. The fourth-order valence-electron chi connectivity index (χ4n) is 7.35. The zero-order chi connectivity index (χ0) is 36.6. The van der Waals surface area contributed by atoms with E-state index in [-0.39, 0.29) is 0 Å². The Morgan fingerprint density at radius 2 is 0.519 bits per heavy atom. The first-order chi connectivity index (χ1) is 26.8. The van der Waals surface area contributed by atoms with Crippen molar-refractivity contribution in [3.05, 3.63) is 117 Å². The first-order valence-electron chi connectivity index (χ1n) is 19.6. The second-order valence-electron chi connectivity index (χ2n) is 13.8. The van der Waals surface area contributed by atoms with Gasteiger partial charge in [-0.1, -0.05) is 72.8 Å². The third kappa shape index (κ3) is 10.5. The van der Waals surface area contributed by atoms with Gasteiger partial charge in [-0.2, -0.15) is 0 Å². The zero-order valence-corrected chi connectivity index (χ0v) is 31.4. The molecule has 288 valence electrons. The van der Waals surface area contributed by atoms with Crippen LogP contribution in [0, 0.1) is 0 Å². The topological polar surface area (TPSA) is 101 Å². The van der Waals surface area contributed by atoms with Gasteiger partial charge in [-0.3, -0.25) is 0 Å². The fourth-order valence-corrected chi connectivity index (χ4v) is 7.35. The molecule has 0 unspecified atom stereocenters. The van der Waals surface area contributed by atoms with Gasteiger partial charge >= 0.3 is 0 Å². The van der Waals surface area contributed by atoms with E-state index < -0.39 is 0 Å². The molecule has 10 nitrogen and oxygen atoms in total. The summed E-state index contributed by atoms with van der Waals surface area (Å²) in [6.07, 6.45) is 2.59. The van der Waals surface area contributed by atoms with Crippen molar-refractivity contribution >= 4 is 0 Å². The Morgan fingerprint density at radius 1 is 0.278 bits per heavy atom. The Labute approximate surface area is 319 Å². The largest absolute Gasteiger partial charge is 0.492 e. The van der Waals surface area contributed by atoms with Crippen molar-refractivity contribution in [2.45, 2.75) is 25.7 Å². The van der Waals surface area contributed by atoms with Crippen molar-refractivity contribution in [1.29, 1.82) is 0 Å². The third-order valence-electron chi connectivity index (χ3n) is 9.94. The van der Waals surface area contributed by atoms with Crippen molar-refractivity contribution in [2.75, 3.05) is 105 Å². The maximum atomic E-state index is 6.76. The number of rotatable bonds is 0. The molecular formula is C44H55N3O7. The summed E-state index contributed by atoms with van der Waals surface area (Å²) in [5.74, 6) is 3.60. The molecule has 2 heterocycles. The van der Waals surface area contributed by atoms with Crippen LogP contribution in [0.2, 0.25) is 0 Å². The molecule has 0 aromatic heterocycles. The molecule has 2 aliphatic heterocycles. The Hall–Kier alpha value is -4.16. The van der Waals surface area contributed by atoms with Gasteiger partial charge in [-0.15, -0.1) is 0 Å². The fraction of sp³-hybridized carbons (Fsp3) is 0.455. The number of benzene rings is 4. The molecule has 7 rings (SSSR count). The van der Waals surface area contributed by atoms with Crippen LogP contribution < -0.4 is 34.9 Å². The number of para-hydroxylation sites is 4. The van der Waals surface area contributed by atoms with Crippen LogP contribution >= 0.6 is 0 Å². The molecule has 54 heavy (non-hydrogen) atoms. The van der Waals surface area contributed by atoms with Gasteiger partial charge in [0.05, 0.1) is 39.6 Å². The van der Waals surface area contributed by atoms with Gasteiger partial charge in [0, 0.05) is 65.0 Å². The second-order valence-corrected chi connectivity index (χ2v) is 13.8. The maximum absolute atomic E-state index is 6.76. The van der Waals surface area contributed by atoms with Crippen LogP contribution in [0.4, 0.5) is 0 Å². The van der Waals surface area contributed by atoms with Gasteiger partial charge in [0.15, 0.2) is 0 Å². The Kier molecular flexibility index (Phi) is 14.5. The van der Waals surface area contributed by atoms with Gasteiger partial charge in [0.1, 0.15) is 49.4 Å². The van der Waals surface area contributed by atoms with Crippen LogP contribution in [0.5, 0.6) is 23.0 Å². The predicted molar refractivity (Wildman–Crippen MR) is 210 cm³/mol. The SMILES string of the molecule is c1cc2c3c(c1)Cc1cccc4c1OCCOCCOCCOCCOc1c(cccc1Cc1cccc(c1OCCNCCNCCNCCO3)C4)C2. The van der Waals surface area contributed by atoms with E-state index >= 15 is 0 Å². The van der Waals surface area contributed by atoms with E-state index in [0.29, 0.717) is 91.8 Å². The molecular weight excluding hydrogens is 682 g/mol. The zero-order valence-electron chi connectivity index (χ0n) is 31.4. The smallest absolute Gasteiger partial charge is 0.126 e. The lowest BCUT2D eigenvalue weighted by Crippen LogP contribution is -2.35. The lowest BCUT2D eigenvalue weighted by Gasteiger charge is -2.23. The molecule has 3 N–H and O–H groups in total. The number of nitrogens with one attached hydrogen (secondary N) is 3. The highest BCUT2D eigenvalue weighted by atomic mass is 16.6. The third-order valence-corrected chi connectivity index (χ3v) is 9.94. The monoisotopic (exact) mass is 737 g/mol. The maximum Gasteiger partial charge on any atom is 0.126 e. The van der Waals surface area contributed by atoms with Gasteiger partial charge in [-0.05, 0) is 44.5 Å². The van der Waals surface area contributed by atoms with E-state index in [1.165, 1.54) is 0 Å². The highest BCUT2D eigenvalue weighted by Crippen LogP contribution is 2.38. The standard InChI is InChI=1S/C44H55N3O7/c1-5-33-29-37-9-3-11-39-31-35-7-2-8-36-32-40-12-4-10-38(44(40)54-28-26-50-24-22-48-21-23-49-25-27-53-43(37)39)30-34(6-1)41(33)51-19-17-46-15-13-45-14-16-47-18-20-52-42(35)36/h1-12,45-47H,13-32H2. The van der Waals surface area contributed by atoms with E-state index in [9.17, 15) is 0 Å². The summed E-state index contributed by atoms with van der Waals surface area (Å²) < 4.78 is 44.5. The van der Waals surface area contributed by atoms with Crippen LogP contribution in [0.15, 0.2) is 72.8 Å². The number of hydrogen-bond donors (Lipinski definition) is 3. The lowest BCUT2D eigenvalue weighted by molar-refractivity contribution is 0.00484. The van der Waals surface area contributed by atoms with E-state index in [1.54, 1.807) is 0 Å².